The van der Waals surface area contributed by atoms with Gasteiger partial charge < -0.3 is 42.9 Å². The number of guanidine groups is 1. The van der Waals surface area contributed by atoms with Crippen LogP contribution in [0.2, 0.25) is 0 Å². The Kier molecular flexibility index (Phi) is 14.0. The van der Waals surface area contributed by atoms with Crippen molar-refractivity contribution >= 4 is 35.6 Å². The number of nitrogens with two attached hydrogens (primary N) is 2. The standard InChI is InChI=1S/C21H39N7O7/c1-5-11(4)15(22)18(32)28-16(10(2)3)19(33)27-13(9-14(29)30)17(31)26-12(20(34)35)7-6-8-25-21(23)24/h10-13,15-16H,5-9,22H2,1-4H3,(H,26,31)(H,27,33)(H,28,32)(H,29,30)(H,34,35)(H4,23,24,25)/t11-,12-,13-,15-,16-/m0/s1. The molecule has 0 aromatic heterocycles. The fourth-order valence-corrected chi connectivity index (χ4v) is 3.00. The van der Waals surface area contributed by atoms with E-state index in [1.807, 2.05) is 6.92 Å². The Morgan fingerprint density at radius 1 is 0.914 bits per heavy atom. The molecule has 14 nitrogen and oxygen atoms in total. The fraction of sp³-hybridized carbons (Fsp3) is 0.714. The zero-order valence-corrected chi connectivity index (χ0v) is 20.6. The maximum atomic E-state index is 12.9. The van der Waals surface area contributed by atoms with Gasteiger partial charge in [0, 0.05) is 6.54 Å². The summed E-state index contributed by atoms with van der Waals surface area (Å²) in [6.45, 7) is 7.15. The molecular formula is C21H39N7O7. The second-order valence-corrected chi connectivity index (χ2v) is 8.68. The van der Waals surface area contributed by atoms with Crippen molar-refractivity contribution in [1.29, 1.82) is 5.41 Å². The first-order chi connectivity index (χ1) is 16.2. The van der Waals surface area contributed by atoms with Crippen molar-refractivity contribution in [1.82, 2.24) is 21.3 Å². The summed E-state index contributed by atoms with van der Waals surface area (Å²) in [6, 6.07) is -4.91. The van der Waals surface area contributed by atoms with Crippen molar-refractivity contribution in [3.8, 4) is 0 Å². The predicted octanol–water partition coefficient (Wildman–Crippen LogP) is -1.71. The summed E-state index contributed by atoms with van der Waals surface area (Å²) in [6.07, 6.45) is 0.0441. The van der Waals surface area contributed by atoms with E-state index in [9.17, 15) is 34.2 Å². The minimum Gasteiger partial charge on any atom is -0.481 e. The molecule has 0 unspecified atom stereocenters. The molecule has 0 aliphatic carbocycles. The zero-order chi connectivity index (χ0) is 27.3. The highest BCUT2D eigenvalue weighted by atomic mass is 16.4. The summed E-state index contributed by atoms with van der Waals surface area (Å²) >= 11 is 0. The van der Waals surface area contributed by atoms with Crippen LogP contribution in [-0.2, 0) is 24.0 Å². The zero-order valence-electron chi connectivity index (χ0n) is 20.6. The summed E-state index contributed by atoms with van der Waals surface area (Å²) in [7, 11) is 0. The Hall–Kier alpha value is -3.42. The van der Waals surface area contributed by atoms with E-state index in [4.69, 9.17) is 16.9 Å². The first kappa shape index (κ1) is 31.6. The predicted molar refractivity (Wildman–Crippen MR) is 127 cm³/mol. The number of carbonyl (C=O) groups is 5. The highest BCUT2D eigenvalue weighted by Gasteiger charge is 2.33. The number of nitrogens with one attached hydrogen (secondary N) is 5. The lowest BCUT2D eigenvalue weighted by Gasteiger charge is -2.27. The molecule has 0 fully saturated rings. The third-order valence-electron chi connectivity index (χ3n) is 5.42. The number of hydrogen-bond donors (Lipinski definition) is 9. The Balaban J connectivity index is 5.41. The summed E-state index contributed by atoms with van der Waals surface area (Å²) < 4.78 is 0. The highest BCUT2D eigenvalue weighted by molar-refractivity contribution is 5.95. The van der Waals surface area contributed by atoms with Gasteiger partial charge in [-0.3, -0.25) is 24.6 Å². The minimum atomic E-state index is -1.58. The van der Waals surface area contributed by atoms with Gasteiger partial charge in [-0.2, -0.15) is 0 Å². The van der Waals surface area contributed by atoms with E-state index in [1.54, 1.807) is 20.8 Å². The van der Waals surface area contributed by atoms with E-state index in [-0.39, 0.29) is 31.3 Å². The second kappa shape index (κ2) is 15.5. The lowest BCUT2D eigenvalue weighted by atomic mass is 9.97. The minimum absolute atomic E-state index is 0.0345. The molecule has 200 valence electrons. The molecule has 0 bridgehead atoms. The summed E-state index contributed by atoms with van der Waals surface area (Å²) in [5.74, 6) is -5.96. The van der Waals surface area contributed by atoms with Crippen LogP contribution in [0.1, 0.15) is 53.4 Å². The van der Waals surface area contributed by atoms with E-state index in [2.05, 4.69) is 21.3 Å². The van der Waals surface area contributed by atoms with Crippen molar-refractivity contribution in [2.45, 2.75) is 77.5 Å². The molecule has 0 saturated heterocycles. The summed E-state index contributed by atoms with van der Waals surface area (Å²) in [4.78, 5) is 60.9. The van der Waals surface area contributed by atoms with Crippen molar-refractivity contribution in [3.63, 3.8) is 0 Å². The van der Waals surface area contributed by atoms with Crippen molar-refractivity contribution in [2.75, 3.05) is 6.54 Å². The third-order valence-corrected chi connectivity index (χ3v) is 5.42. The van der Waals surface area contributed by atoms with Gasteiger partial charge in [0.15, 0.2) is 5.96 Å². The van der Waals surface area contributed by atoms with Gasteiger partial charge in [0.2, 0.25) is 17.7 Å². The molecule has 11 N–H and O–H groups in total. The lowest BCUT2D eigenvalue weighted by Crippen LogP contribution is -2.59. The van der Waals surface area contributed by atoms with Gasteiger partial charge >= 0.3 is 11.9 Å². The normalized spacial score (nSPS) is 15.1. The van der Waals surface area contributed by atoms with Crippen LogP contribution in [0.4, 0.5) is 0 Å². The number of aliphatic carboxylic acids is 2. The molecule has 0 aliphatic rings. The molecule has 0 rings (SSSR count). The molecule has 0 saturated carbocycles. The first-order valence-corrected chi connectivity index (χ1v) is 11.4. The SMILES string of the molecule is CC[C@H](C)[C@H](N)C(=O)N[C@H](C(=O)N[C@@H](CC(=O)O)C(=O)N[C@@H](CCCNC(=N)N)C(=O)O)C(C)C. The van der Waals surface area contributed by atoms with Gasteiger partial charge in [0.25, 0.3) is 0 Å². The molecule has 3 amide bonds. The average Bonchev–Trinajstić information content (AvgIpc) is 2.76. The van der Waals surface area contributed by atoms with Gasteiger partial charge in [0.05, 0.1) is 12.5 Å². The Morgan fingerprint density at radius 3 is 1.94 bits per heavy atom. The van der Waals surface area contributed by atoms with Crippen LogP contribution in [0, 0.1) is 17.2 Å². The van der Waals surface area contributed by atoms with E-state index < -0.39 is 66.2 Å². The Morgan fingerprint density at radius 2 is 1.49 bits per heavy atom. The Bertz CT molecular complexity index is 775. The molecule has 14 heteroatoms. The summed E-state index contributed by atoms with van der Waals surface area (Å²) in [5.41, 5.74) is 11.1. The average molecular weight is 502 g/mol. The van der Waals surface area contributed by atoms with Gasteiger partial charge in [-0.25, -0.2) is 4.79 Å². The number of carboxylic acids is 2. The lowest BCUT2D eigenvalue weighted by molar-refractivity contribution is -0.144. The smallest absolute Gasteiger partial charge is 0.326 e. The van der Waals surface area contributed by atoms with E-state index in [0.717, 1.165) is 0 Å². The van der Waals surface area contributed by atoms with Gasteiger partial charge in [-0.1, -0.05) is 34.1 Å². The monoisotopic (exact) mass is 501 g/mol. The van der Waals surface area contributed by atoms with Crippen molar-refractivity contribution in [2.24, 2.45) is 23.3 Å². The molecular weight excluding hydrogens is 462 g/mol. The molecule has 35 heavy (non-hydrogen) atoms. The number of hydrogen-bond acceptors (Lipinski definition) is 7. The van der Waals surface area contributed by atoms with Crippen LogP contribution in [0.3, 0.4) is 0 Å². The van der Waals surface area contributed by atoms with Crippen LogP contribution in [0.15, 0.2) is 0 Å². The van der Waals surface area contributed by atoms with Crippen molar-refractivity contribution < 1.29 is 34.2 Å². The van der Waals surface area contributed by atoms with Crippen LogP contribution in [0.25, 0.3) is 0 Å². The van der Waals surface area contributed by atoms with Crippen molar-refractivity contribution in [3.05, 3.63) is 0 Å². The Labute approximate surface area is 204 Å². The maximum absolute atomic E-state index is 12.9. The molecule has 0 aromatic rings. The van der Waals surface area contributed by atoms with E-state index in [0.29, 0.717) is 6.42 Å². The quantitative estimate of drug-likeness (QED) is 0.0657. The topological polar surface area (TPSA) is 250 Å². The molecule has 0 spiro atoms. The molecule has 0 heterocycles. The van der Waals surface area contributed by atoms with Crippen LogP contribution in [-0.4, -0.2) is 76.5 Å². The van der Waals surface area contributed by atoms with Gasteiger partial charge in [0.1, 0.15) is 18.1 Å². The van der Waals surface area contributed by atoms with Gasteiger partial charge in [-0.15, -0.1) is 0 Å². The van der Waals surface area contributed by atoms with Crippen LogP contribution >= 0.6 is 0 Å². The third kappa shape index (κ3) is 12.0. The molecule has 0 aliphatic heterocycles. The molecule has 5 atom stereocenters. The summed E-state index contributed by atoms with van der Waals surface area (Å²) in [5, 5.41) is 35.2. The number of rotatable bonds is 16. The number of carbonyl (C=O) groups excluding carboxylic acids is 3. The highest BCUT2D eigenvalue weighted by Crippen LogP contribution is 2.09. The first-order valence-electron chi connectivity index (χ1n) is 11.4. The molecule has 0 aromatic carbocycles. The van der Waals surface area contributed by atoms with E-state index >= 15 is 0 Å². The van der Waals surface area contributed by atoms with Gasteiger partial charge in [-0.05, 0) is 24.7 Å². The second-order valence-electron chi connectivity index (χ2n) is 8.68. The fourth-order valence-electron chi connectivity index (χ4n) is 3.00. The molecule has 0 radical (unpaired) electrons. The van der Waals surface area contributed by atoms with Crippen LogP contribution < -0.4 is 32.7 Å². The maximum Gasteiger partial charge on any atom is 0.326 e. The van der Waals surface area contributed by atoms with Crippen LogP contribution in [0.5, 0.6) is 0 Å². The number of carboxylic acid groups (broad SMARTS) is 2. The number of amides is 3. The largest absolute Gasteiger partial charge is 0.481 e. The van der Waals surface area contributed by atoms with E-state index in [1.165, 1.54) is 0 Å².